The van der Waals surface area contributed by atoms with Crippen molar-refractivity contribution in [1.82, 2.24) is 10.2 Å². The molecule has 1 unspecified atom stereocenters. The molecule has 0 saturated carbocycles. The lowest BCUT2D eigenvalue weighted by molar-refractivity contribution is -0.383. The number of nitrogens with zero attached hydrogens (tertiary/aromatic N) is 2. The van der Waals surface area contributed by atoms with E-state index in [1.165, 1.54) is 18.2 Å². The minimum Gasteiger partial charge on any atom is -0.336 e. The van der Waals surface area contributed by atoms with Crippen LogP contribution >= 0.6 is 0 Å². The van der Waals surface area contributed by atoms with Gasteiger partial charge in [-0.15, -0.1) is 0 Å². The maximum absolute atomic E-state index is 12.1. The van der Waals surface area contributed by atoms with Gasteiger partial charge in [0.15, 0.2) is 0 Å². The van der Waals surface area contributed by atoms with Crippen LogP contribution in [-0.4, -0.2) is 34.3 Å². The van der Waals surface area contributed by atoms with Gasteiger partial charge in [0.05, 0.1) is 11.0 Å². The molecule has 1 aliphatic rings. The van der Waals surface area contributed by atoms with Gasteiger partial charge in [0.25, 0.3) is 5.69 Å². The molecule has 2 N–H and O–H groups in total. The van der Waals surface area contributed by atoms with Crippen LogP contribution in [0.25, 0.3) is 0 Å². The minimum atomic E-state index is -0.571. The first-order valence-corrected chi connectivity index (χ1v) is 8.15. The molecule has 2 aromatic carbocycles. The number of anilines is 1. The standard InChI is InChI=1S/C18H18N4O4/c23-17-10-14(12-21(17)11-13-6-2-1-3-7-13)19-18(24)20-15-8-4-5-9-16(15)22(25)26/h1-9,14H,10-12H2,(H2,19,20,24). The molecule has 2 aromatic rings. The average molecular weight is 354 g/mol. The molecule has 1 aliphatic heterocycles. The Kier molecular flexibility index (Phi) is 5.12. The number of nitro benzene ring substituents is 1. The summed E-state index contributed by atoms with van der Waals surface area (Å²) < 4.78 is 0. The van der Waals surface area contributed by atoms with E-state index in [1.807, 2.05) is 30.3 Å². The largest absolute Gasteiger partial charge is 0.336 e. The monoisotopic (exact) mass is 354 g/mol. The summed E-state index contributed by atoms with van der Waals surface area (Å²) in [6, 6.07) is 14.6. The summed E-state index contributed by atoms with van der Waals surface area (Å²) in [5.74, 6) is -0.0372. The molecule has 8 heteroatoms. The number of para-hydroxylation sites is 2. The summed E-state index contributed by atoms with van der Waals surface area (Å²) >= 11 is 0. The lowest BCUT2D eigenvalue weighted by atomic mass is 10.2. The number of benzene rings is 2. The summed E-state index contributed by atoms with van der Waals surface area (Å²) in [6.45, 7) is 0.891. The van der Waals surface area contributed by atoms with Crippen molar-refractivity contribution in [3.05, 3.63) is 70.3 Å². The van der Waals surface area contributed by atoms with Crippen LogP contribution in [-0.2, 0) is 11.3 Å². The Balaban J connectivity index is 1.57. The van der Waals surface area contributed by atoms with Crippen molar-refractivity contribution in [2.45, 2.75) is 19.0 Å². The van der Waals surface area contributed by atoms with Gasteiger partial charge in [-0.3, -0.25) is 14.9 Å². The Morgan fingerprint density at radius 3 is 2.58 bits per heavy atom. The third-order valence-electron chi connectivity index (χ3n) is 4.11. The van der Waals surface area contributed by atoms with Gasteiger partial charge < -0.3 is 15.5 Å². The molecule has 1 heterocycles. The normalized spacial score (nSPS) is 16.4. The number of hydrogen-bond donors (Lipinski definition) is 2. The highest BCUT2D eigenvalue weighted by Crippen LogP contribution is 2.23. The number of carbonyl (C=O) groups excluding carboxylic acids is 2. The Labute approximate surface area is 150 Å². The first-order valence-electron chi connectivity index (χ1n) is 8.15. The number of nitrogens with one attached hydrogen (secondary N) is 2. The van der Waals surface area contributed by atoms with Crippen molar-refractivity contribution in [3.63, 3.8) is 0 Å². The number of nitro groups is 1. The van der Waals surface area contributed by atoms with E-state index in [4.69, 9.17) is 0 Å². The SMILES string of the molecule is O=C(Nc1ccccc1[N+](=O)[O-])NC1CC(=O)N(Cc2ccccc2)C1. The lowest BCUT2D eigenvalue weighted by Gasteiger charge is -2.17. The fraction of sp³-hybridized carbons (Fsp3) is 0.222. The van der Waals surface area contributed by atoms with E-state index in [9.17, 15) is 19.7 Å². The van der Waals surface area contributed by atoms with Crippen molar-refractivity contribution in [3.8, 4) is 0 Å². The van der Waals surface area contributed by atoms with Gasteiger partial charge in [-0.05, 0) is 11.6 Å². The molecule has 1 atom stereocenters. The quantitative estimate of drug-likeness (QED) is 0.636. The molecule has 0 radical (unpaired) electrons. The summed E-state index contributed by atoms with van der Waals surface area (Å²) in [4.78, 5) is 36.4. The molecule has 0 aliphatic carbocycles. The molecule has 1 fully saturated rings. The van der Waals surface area contributed by atoms with Gasteiger partial charge >= 0.3 is 6.03 Å². The molecule has 8 nitrogen and oxygen atoms in total. The second-order valence-electron chi connectivity index (χ2n) is 6.03. The molecule has 26 heavy (non-hydrogen) atoms. The molecule has 0 aromatic heterocycles. The number of urea groups is 1. The summed E-state index contributed by atoms with van der Waals surface area (Å²) in [5, 5.41) is 16.2. The Bertz CT molecular complexity index is 825. The molecular weight excluding hydrogens is 336 g/mol. The third kappa shape index (κ3) is 4.15. The van der Waals surface area contributed by atoms with Gasteiger partial charge in [0.1, 0.15) is 5.69 Å². The zero-order valence-electron chi connectivity index (χ0n) is 13.9. The van der Waals surface area contributed by atoms with Gasteiger partial charge in [0.2, 0.25) is 5.91 Å². The first kappa shape index (κ1) is 17.4. The highest BCUT2D eigenvalue weighted by atomic mass is 16.6. The van der Waals surface area contributed by atoms with Crippen molar-refractivity contribution in [2.75, 3.05) is 11.9 Å². The molecule has 1 saturated heterocycles. The summed E-state index contributed by atoms with van der Waals surface area (Å²) in [7, 11) is 0. The average Bonchev–Trinajstić information content (AvgIpc) is 2.95. The van der Waals surface area contributed by atoms with Crippen LogP contribution in [0.4, 0.5) is 16.2 Å². The van der Waals surface area contributed by atoms with Crippen molar-refractivity contribution >= 4 is 23.3 Å². The van der Waals surface area contributed by atoms with E-state index in [0.29, 0.717) is 13.1 Å². The topological polar surface area (TPSA) is 105 Å². The van der Waals surface area contributed by atoms with E-state index in [-0.39, 0.29) is 29.7 Å². The number of amides is 3. The smallest absolute Gasteiger partial charge is 0.319 e. The van der Waals surface area contributed by atoms with Crippen molar-refractivity contribution in [1.29, 1.82) is 0 Å². The number of likely N-dealkylation sites (tertiary alicyclic amines) is 1. The van der Waals surface area contributed by atoms with Gasteiger partial charge in [0, 0.05) is 25.6 Å². The molecule has 3 amide bonds. The van der Waals surface area contributed by atoms with Crippen LogP contribution in [0.15, 0.2) is 54.6 Å². The predicted molar refractivity (Wildman–Crippen MR) is 95.5 cm³/mol. The molecule has 0 spiro atoms. The zero-order chi connectivity index (χ0) is 18.5. The third-order valence-corrected chi connectivity index (χ3v) is 4.11. The Hall–Kier alpha value is -3.42. The highest BCUT2D eigenvalue weighted by Gasteiger charge is 2.30. The van der Waals surface area contributed by atoms with Crippen LogP contribution < -0.4 is 10.6 Å². The maximum atomic E-state index is 12.1. The van der Waals surface area contributed by atoms with Crippen LogP contribution in [0.1, 0.15) is 12.0 Å². The van der Waals surface area contributed by atoms with Crippen LogP contribution in [0.2, 0.25) is 0 Å². The minimum absolute atomic E-state index is 0.0372. The molecular formula is C18H18N4O4. The van der Waals surface area contributed by atoms with Gasteiger partial charge in [-0.1, -0.05) is 42.5 Å². The molecule has 3 rings (SSSR count). The van der Waals surface area contributed by atoms with Crippen LogP contribution in [0.5, 0.6) is 0 Å². The van der Waals surface area contributed by atoms with E-state index in [1.54, 1.807) is 11.0 Å². The fourth-order valence-corrected chi connectivity index (χ4v) is 2.91. The van der Waals surface area contributed by atoms with Crippen LogP contribution in [0.3, 0.4) is 0 Å². The van der Waals surface area contributed by atoms with Crippen molar-refractivity contribution < 1.29 is 14.5 Å². The number of hydrogen-bond acceptors (Lipinski definition) is 4. The first-order chi connectivity index (χ1) is 12.5. The second kappa shape index (κ2) is 7.64. The Morgan fingerprint density at radius 2 is 1.85 bits per heavy atom. The maximum Gasteiger partial charge on any atom is 0.319 e. The van der Waals surface area contributed by atoms with E-state index in [0.717, 1.165) is 5.56 Å². The Morgan fingerprint density at radius 1 is 1.15 bits per heavy atom. The van der Waals surface area contributed by atoms with E-state index in [2.05, 4.69) is 10.6 Å². The van der Waals surface area contributed by atoms with E-state index >= 15 is 0 Å². The predicted octanol–water partition coefficient (Wildman–Crippen LogP) is 2.52. The van der Waals surface area contributed by atoms with Gasteiger partial charge in [-0.25, -0.2) is 4.79 Å². The molecule has 134 valence electrons. The summed E-state index contributed by atoms with van der Waals surface area (Å²) in [6.07, 6.45) is 0.205. The number of carbonyl (C=O) groups is 2. The lowest BCUT2D eigenvalue weighted by Crippen LogP contribution is -2.39. The zero-order valence-corrected chi connectivity index (χ0v) is 13.9. The van der Waals surface area contributed by atoms with E-state index < -0.39 is 11.0 Å². The van der Waals surface area contributed by atoms with Crippen LogP contribution in [0, 0.1) is 10.1 Å². The summed E-state index contributed by atoms with van der Waals surface area (Å²) in [5.41, 5.74) is 0.946. The molecule has 0 bridgehead atoms. The van der Waals surface area contributed by atoms with Gasteiger partial charge in [-0.2, -0.15) is 0 Å². The van der Waals surface area contributed by atoms with Crippen molar-refractivity contribution in [2.24, 2.45) is 0 Å². The fourth-order valence-electron chi connectivity index (χ4n) is 2.91. The second-order valence-corrected chi connectivity index (χ2v) is 6.03. The number of rotatable bonds is 5. The highest BCUT2D eigenvalue weighted by molar-refractivity contribution is 5.92.